The molecule has 1 aliphatic rings. The van der Waals surface area contributed by atoms with Crippen molar-refractivity contribution in [2.75, 3.05) is 13.1 Å². The average Bonchev–Trinajstić information content (AvgIpc) is 3.06. The van der Waals surface area contributed by atoms with E-state index in [2.05, 4.69) is 11.2 Å². The highest BCUT2D eigenvalue weighted by Crippen LogP contribution is 2.21. The van der Waals surface area contributed by atoms with Crippen molar-refractivity contribution in [1.29, 1.82) is 0 Å². The van der Waals surface area contributed by atoms with Crippen LogP contribution < -0.4 is 5.56 Å². The Kier molecular flexibility index (Phi) is 4.28. The van der Waals surface area contributed by atoms with Crippen LogP contribution in [-0.2, 0) is 11.3 Å². The molecule has 120 valence electrons. The van der Waals surface area contributed by atoms with Crippen LogP contribution in [0, 0.1) is 13.8 Å². The van der Waals surface area contributed by atoms with Crippen LogP contribution in [0.3, 0.4) is 0 Å². The van der Waals surface area contributed by atoms with Crippen molar-refractivity contribution in [3.63, 3.8) is 0 Å². The lowest BCUT2D eigenvalue weighted by Gasteiger charge is -2.16. The summed E-state index contributed by atoms with van der Waals surface area (Å²) < 4.78 is 1.28. The molecule has 1 saturated heterocycles. The van der Waals surface area contributed by atoms with Crippen LogP contribution in [0.4, 0.5) is 0 Å². The third kappa shape index (κ3) is 3.33. The van der Waals surface area contributed by atoms with E-state index in [0.717, 1.165) is 48.3 Å². The number of hydrogen-bond acceptors (Lipinski definition) is 3. The minimum absolute atomic E-state index is 0.0114. The maximum atomic E-state index is 12.3. The fraction of sp³-hybridized carbons (Fsp3) is 0.389. The van der Waals surface area contributed by atoms with Crippen molar-refractivity contribution in [1.82, 2.24) is 14.7 Å². The minimum atomic E-state index is -0.244. The Hall–Kier alpha value is -2.43. The van der Waals surface area contributed by atoms with Gasteiger partial charge >= 0.3 is 0 Å². The second-order valence-electron chi connectivity index (χ2n) is 6.12. The summed E-state index contributed by atoms with van der Waals surface area (Å²) in [5, 5.41) is 4.41. The summed E-state index contributed by atoms with van der Waals surface area (Å²) in [5.74, 6) is -0.0322. The van der Waals surface area contributed by atoms with Crippen LogP contribution in [0.2, 0.25) is 0 Å². The highest BCUT2D eigenvalue weighted by Gasteiger charge is 2.19. The number of hydrogen-bond donors (Lipinski definition) is 0. The van der Waals surface area contributed by atoms with E-state index in [9.17, 15) is 9.59 Å². The van der Waals surface area contributed by atoms with E-state index < -0.39 is 0 Å². The summed E-state index contributed by atoms with van der Waals surface area (Å²) >= 11 is 0. The Labute approximate surface area is 135 Å². The number of carbonyl (C=O) groups excluding carboxylic acids is 1. The maximum absolute atomic E-state index is 12.3. The van der Waals surface area contributed by atoms with Gasteiger partial charge in [-0.15, -0.1) is 0 Å². The van der Waals surface area contributed by atoms with Crippen molar-refractivity contribution in [3.8, 4) is 11.3 Å². The first kappa shape index (κ1) is 15.5. The molecule has 23 heavy (non-hydrogen) atoms. The number of benzene rings is 1. The van der Waals surface area contributed by atoms with Gasteiger partial charge in [-0.3, -0.25) is 9.59 Å². The number of likely N-dealkylation sites (tertiary alicyclic amines) is 1. The van der Waals surface area contributed by atoms with Crippen LogP contribution in [-0.4, -0.2) is 33.7 Å². The number of aryl methyl sites for hydroxylation is 2. The van der Waals surface area contributed by atoms with E-state index in [1.165, 1.54) is 10.7 Å². The molecule has 1 aromatic heterocycles. The highest BCUT2D eigenvalue weighted by molar-refractivity contribution is 5.76. The Balaban J connectivity index is 1.91. The van der Waals surface area contributed by atoms with Gasteiger partial charge in [0.1, 0.15) is 6.54 Å². The summed E-state index contributed by atoms with van der Waals surface area (Å²) in [6, 6.07) is 9.35. The average molecular weight is 311 g/mol. The van der Waals surface area contributed by atoms with Crippen LogP contribution in [0.1, 0.15) is 24.0 Å². The Morgan fingerprint density at radius 2 is 1.87 bits per heavy atom. The molecule has 1 aromatic carbocycles. The molecule has 0 radical (unpaired) electrons. The summed E-state index contributed by atoms with van der Waals surface area (Å²) in [4.78, 5) is 26.1. The van der Waals surface area contributed by atoms with Gasteiger partial charge in [-0.05, 0) is 44.4 Å². The summed E-state index contributed by atoms with van der Waals surface area (Å²) in [6.07, 6.45) is 2.08. The van der Waals surface area contributed by atoms with Crippen molar-refractivity contribution in [2.24, 2.45) is 0 Å². The quantitative estimate of drug-likeness (QED) is 0.873. The summed E-state index contributed by atoms with van der Waals surface area (Å²) in [7, 11) is 0. The molecule has 0 unspecified atom stereocenters. The second kappa shape index (κ2) is 6.36. The molecule has 3 rings (SSSR count). The van der Waals surface area contributed by atoms with Gasteiger partial charge in [-0.1, -0.05) is 17.7 Å². The maximum Gasteiger partial charge on any atom is 0.267 e. The first-order valence-electron chi connectivity index (χ1n) is 7.98. The molecular weight excluding hydrogens is 290 g/mol. The number of nitrogens with zero attached hydrogens (tertiary/aromatic N) is 3. The normalized spacial score (nSPS) is 14.3. The fourth-order valence-corrected chi connectivity index (χ4v) is 2.91. The lowest BCUT2D eigenvalue weighted by molar-refractivity contribution is -0.131. The zero-order valence-electron chi connectivity index (χ0n) is 13.6. The topological polar surface area (TPSA) is 55.2 Å². The van der Waals surface area contributed by atoms with Gasteiger partial charge in [0.15, 0.2) is 0 Å². The van der Waals surface area contributed by atoms with Gasteiger partial charge in [0.05, 0.1) is 5.69 Å². The van der Waals surface area contributed by atoms with E-state index in [4.69, 9.17) is 0 Å². The Morgan fingerprint density at radius 1 is 1.13 bits per heavy atom. The van der Waals surface area contributed by atoms with Gasteiger partial charge in [-0.25, -0.2) is 4.68 Å². The Bertz CT molecular complexity index is 789. The van der Waals surface area contributed by atoms with Crippen LogP contribution in [0.15, 0.2) is 35.1 Å². The molecule has 2 heterocycles. The number of amides is 1. The molecule has 0 atom stereocenters. The van der Waals surface area contributed by atoms with Gasteiger partial charge in [0.2, 0.25) is 5.91 Å². The molecule has 5 nitrogen and oxygen atoms in total. The van der Waals surface area contributed by atoms with Crippen molar-refractivity contribution in [3.05, 3.63) is 51.8 Å². The molecule has 1 amide bonds. The highest BCUT2D eigenvalue weighted by atomic mass is 16.2. The first-order valence-corrected chi connectivity index (χ1v) is 7.98. The minimum Gasteiger partial charge on any atom is -0.341 e. The third-order valence-corrected chi connectivity index (χ3v) is 4.28. The summed E-state index contributed by atoms with van der Waals surface area (Å²) in [5.41, 5.74) is 3.71. The molecule has 5 heteroatoms. The van der Waals surface area contributed by atoms with E-state index in [0.29, 0.717) is 0 Å². The molecule has 0 N–H and O–H groups in total. The standard InChI is InChI=1S/C18H21N3O2/c1-13-5-6-14(2)15(11-13)16-7-8-17(22)21(19-16)12-18(23)20-9-3-4-10-20/h5-8,11H,3-4,9-10,12H2,1-2H3. The fourth-order valence-electron chi connectivity index (χ4n) is 2.91. The van der Waals surface area contributed by atoms with Crippen molar-refractivity contribution in [2.45, 2.75) is 33.2 Å². The molecule has 2 aromatic rings. The molecule has 1 fully saturated rings. The van der Waals surface area contributed by atoms with Crippen LogP contribution in [0.5, 0.6) is 0 Å². The molecule has 0 bridgehead atoms. The predicted octanol–water partition coefficient (Wildman–Crippen LogP) is 2.15. The molecule has 0 saturated carbocycles. The number of aromatic nitrogens is 2. The Morgan fingerprint density at radius 3 is 2.61 bits per heavy atom. The van der Waals surface area contributed by atoms with E-state index in [1.54, 1.807) is 11.0 Å². The SMILES string of the molecule is Cc1ccc(C)c(-c2ccc(=O)n(CC(=O)N3CCCC3)n2)c1. The number of carbonyl (C=O) groups is 1. The molecule has 1 aliphatic heterocycles. The second-order valence-corrected chi connectivity index (χ2v) is 6.12. The zero-order valence-corrected chi connectivity index (χ0v) is 13.6. The smallest absolute Gasteiger partial charge is 0.267 e. The van der Waals surface area contributed by atoms with E-state index in [-0.39, 0.29) is 18.0 Å². The van der Waals surface area contributed by atoms with Gasteiger partial charge < -0.3 is 4.90 Å². The molecular formula is C18H21N3O2. The molecule has 0 spiro atoms. The van der Waals surface area contributed by atoms with Gasteiger partial charge in [0.25, 0.3) is 5.56 Å². The predicted molar refractivity (Wildman–Crippen MR) is 89.2 cm³/mol. The summed E-state index contributed by atoms with van der Waals surface area (Å²) in [6.45, 7) is 5.61. The largest absolute Gasteiger partial charge is 0.341 e. The number of rotatable bonds is 3. The van der Waals surface area contributed by atoms with Crippen molar-refractivity contribution >= 4 is 5.91 Å². The van der Waals surface area contributed by atoms with Crippen LogP contribution in [0.25, 0.3) is 11.3 Å². The molecule has 0 aliphatic carbocycles. The van der Waals surface area contributed by atoms with Gasteiger partial charge in [0, 0.05) is 24.7 Å². The third-order valence-electron chi connectivity index (χ3n) is 4.28. The van der Waals surface area contributed by atoms with E-state index >= 15 is 0 Å². The monoisotopic (exact) mass is 311 g/mol. The van der Waals surface area contributed by atoms with Gasteiger partial charge in [-0.2, -0.15) is 5.10 Å². The first-order chi connectivity index (χ1) is 11.0. The lowest BCUT2D eigenvalue weighted by Crippen LogP contribution is -2.35. The lowest BCUT2D eigenvalue weighted by atomic mass is 10.0. The van der Waals surface area contributed by atoms with Crippen LogP contribution >= 0.6 is 0 Å². The zero-order chi connectivity index (χ0) is 16.4. The van der Waals surface area contributed by atoms with Crippen molar-refractivity contribution < 1.29 is 4.79 Å². The van der Waals surface area contributed by atoms with E-state index in [1.807, 2.05) is 26.0 Å².